The van der Waals surface area contributed by atoms with Gasteiger partial charge < -0.3 is 15.0 Å². The van der Waals surface area contributed by atoms with E-state index in [4.69, 9.17) is 4.74 Å². The lowest BCUT2D eigenvalue weighted by Gasteiger charge is -2.31. The molecule has 0 spiro atoms. The number of hydrogen-bond acceptors (Lipinski definition) is 3. The van der Waals surface area contributed by atoms with Crippen LogP contribution in [0.4, 0.5) is 0 Å². The second-order valence-corrected chi connectivity index (χ2v) is 7.78. The molecular formula is C25H34N2O3. The first-order valence-corrected chi connectivity index (χ1v) is 10.7. The van der Waals surface area contributed by atoms with Crippen LogP contribution in [-0.4, -0.2) is 35.9 Å². The fraction of sp³-hybridized carbons (Fsp3) is 0.440. The van der Waals surface area contributed by atoms with E-state index in [9.17, 15) is 9.59 Å². The van der Waals surface area contributed by atoms with Crippen molar-refractivity contribution in [3.8, 4) is 5.75 Å². The SMILES string of the molecule is CCNC(=O)C(CC)N(Cc1ccccc1C)C(=O)COc1ccc(C(C)C)cc1. The highest BCUT2D eigenvalue weighted by Crippen LogP contribution is 2.20. The van der Waals surface area contributed by atoms with Gasteiger partial charge in [0.2, 0.25) is 5.91 Å². The lowest BCUT2D eigenvalue weighted by Crippen LogP contribution is -2.50. The first kappa shape index (κ1) is 23.5. The third-order valence-corrected chi connectivity index (χ3v) is 5.25. The minimum Gasteiger partial charge on any atom is -0.484 e. The summed E-state index contributed by atoms with van der Waals surface area (Å²) in [5.74, 6) is 0.745. The standard InChI is InChI=1S/C25H34N2O3/c1-6-23(25(29)26-7-2)27(16-21-11-9-8-10-19(21)5)24(28)17-30-22-14-12-20(13-15-22)18(3)4/h8-15,18,23H,6-7,16-17H2,1-5H3,(H,26,29). The van der Waals surface area contributed by atoms with E-state index in [1.54, 1.807) is 4.90 Å². The average Bonchev–Trinajstić information content (AvgIpc) is 2.73. The van der Waals surface area contributed by atoms with Crippen molar-refractivity contribution in [2.24, 2.45) is 0 Å². The second-order valence-electron chi connectivity index (χ2n) is 7.78. The quantitative estimate of drug-likeness (QED) is 0.630. The zero-order chi connectivity index (χ0) is 22.1. The Hall–Kier alpha value is -2.82. The number of likely N-dealkylation sites (N-methyl/N-ethyl adjacent to an activating group) is 1. The molecule has 2 aromatic carbocycles. The van der Waals surface area contributed by atoms with Crippen molar-refractivity contribution in [2.45, 2.75) is 59.5 Å². The van der Waals surface area contributed by atoms with Gasteiger partial charge in [0.1, 0.15) is 11.8 Å². The van der Waals surface area contributed by atoms with E-state index >= 15 is 0 Å². The van der Waals surface area contributed by atoms with Gasteiger partial charge in [0.05, 0.1) is 0 Å². The average molecular weight is 411 g/mol. The Labute approximate surface area is 180 Å². The Morgan fingerprint density at radius 2 is 1.70 bits per heavy atom. The molecule has 5 nitrogen and oxygen atoms in total. The molecule has 0 aliphatic rings. The molecule has 0 aliphatic heterocycles. The number of ether oxygens (including phenoxy) is 1. The number of benzene rings is 2. The molecule has 1 unspecified atom stereocenters. The zero-order valence-corrected chi connectivity index (χ0v) is 18.8. The normalized spacial score (nSPS) is 11.8. The number of carbonyl (C=O) groups is 2. The molecule has 2 rings (SSSR count). The number of carbonyl (C=O) groups excluding carboxylic acids is 2. The summed E-state index contributed by atoms with van der Waals surface area (Å²) >= 11 is 0. The van der Waals surface area contributed by atoms with E-state index in [0.29, 0.717) is 31.2 Å². The predicted molar refractivity (Wildman–Crippen MR) is 121 cm³/mol. The molecule has 0 saturated carbocycles. The molecular weight excluding hydrogens is 376 g/mol. The molecule has 2 amide bonds. The first-order chi connectivity index (χ1) is 14.4. The Morgan fingerprint density at radius 3 is 2.27 bits per heavy atom. The third kappa shape index (κ3) is 6.34. The monoisotopic (exact) mass is 410 g/mol. The van der Waals surface area contributed by atoms with Gasteiger partial charge in [0, 0.05) is 13.1 Å². The molecule has 2 aromatic rings. The first-order valence-electron chi connectivity index (χ1n) is 10.7. The van der Waals surface area contributed by atoms with Crippen LogP contribution in [0.3, 0.4) is 0 Å². The maximum Gasteiger partial charge on any atom is 0.261 e. The zero-order valence-electron chi connectivity index (χ0n) is 18.8. The number of aryl methyl sites for hydroxylation is 1. The van der Waals surface area contributed by atoms with Gasteiger partial charge in [-0.25, -0.2) is 0 Å². The van der Waals surface area contributed by atoms with Crippen molar-refractivity contribution >= 4 is 11.8 Å². The topological polar surface area (TPSA) is 58.6 Å². The van der Waals surface area contributed by atoms with E-state index in [1.807, 2.05) is 69.3 Å². The summed E-state index contributed by atoms with van der Waals surface area (Å²) in [5, 5.41) is 2.85. The minimum absolute atomic E-state index is 0.108. The second kappa shape index (κ2) is 11.4. The van der Waals surface area contributed by atoms with Gasteiger partial charge in [-0.1, -0.05) is 57.2 Å². The van der Waals surface area contributed by atoms with Crippen LogP contribution < -0.4 is 10.1 Å². The Kier molecular flexibility index (Phi) is 8.90. The maximum atomic E-state index is 13.1. The highest BCUT2D eigenvalue weighted by molar-refractivity contribution is 5.88. The fourth-order valence-electron chi connectivity index (χ4n) is 3.36. The van der Waals surface area contributed by atoms with Crippen LogP contribution in [0.5, 0.6) is 5.75 Å². The molecule has 0 heterocycles. The van der Waals surface area contributed by atoms with E-state index < -0.39 is 6.04 Å². The molecule has 162 valence electrons. The third-order valence-electron chi connectivity index (χ3n) is 5.25. The van der Waals surface area contributed by atoms with Gasteiger partial charge in [-0.15, -0.1) is 0 Å². The Bertz CT molecular complexity index is 831. The lowest BCUT2D eigenvalue weighted by molar-refractivity contribution is -0.142. The maximum absolute atomic E-state index is 13.1. The molecule has 5 heteroatoms. The van der Waals surface area contributed by atoms with Crippen LogP contribution in [0.1, 0.15) is 56.7 Å². The summed E-state index contributed by atoms with van der Waals surface area (Å²) < 4.78 is 5.76. The molecule has 30 heavy (non-hydrogen) atoms. The van der Waals surface area contributed by atoms with Crippen molar-refractivity contribution in [3.63, 3.8) is 0 Å². The number of amides is 2. The summed E-state index contributed by atoms with van der Waals surface area (Å²) in [5.41, 5.74) is 3.33. The van der Waals surface area contributed by atoms with E-state index in [1.165, 1.54) is 5.56 Å². The van der Waals surface area contributed by atoms with Gasteiger partial charge in [0.25, 0.3) is 5.91 Å². The molecule has 0 aromatic heterocycles. The number of nitrogens with one attached hydrogen (secondary N) is 1. The smallest absolute Gasteiger partial charge is 0.261 e. The summed E-state index contributed by atoms with van der Waals surface area (Å²) in [6, 6.07) is 15.2. The molecule has 0 bridgehead atoms. The van der Waals surface area contributed by atoms with E-state index in [2.05, 4.69) is 19.2 Å². The van der Waals surface area contributed by atoms with Gasteiger partial charge >= 0.3 is 0 Å². The highest BCUT2D eigenvalue weighted by atomic mass is 16.5. The van der Waals surface area contributed by atoms with Gasteiger partial charge in [-0.05, 0) is 55.0 Å². The number of nitrogens with zero attached hydrogens (tertiary/aromatic N) is 1. The van der Waals surface area contributed by atoms with Crippen LogP contribution in [0.15, 0.2) is 48.5 Å². The summed E-state index contributed by atoms with van der Waals surface area (Å²) in [4.78, 5) is 27.4. The predicted octanol–water partition coefficient (Wildman–Crippen LogP) is 4.44. The summed E-state index contributed by atoms with van der Waals surface area (Å²) in [7, 11) is 0. The van der Waals surface area contributed by atoms with Crippen molar-refractivity contribution in [2.75, 3.05) is 13.2 Å². The van der Waals surface area contributed by atoms with Crippen molar-refractivity contribution < 1.29 is 14.3 Å². The van der Waals surface area contributed by atoms with Crippen LogP contribution in [-0.2, 0) is 16.1 Å². The summed E-state index contributed by atoms with van der Waals surface area (Å²) in [6.45, 7) is 10.9. The molecule has 1 atom stereocenters. The number of hydrogen-bond donors (Lipinski definition) is 1. The largest absolute Gasteiger partial charge is 0.484 e. The van der Waals surface area contributed by atoms with Gasteiger partial charge in [-0.3, -0.25) is 9.59 Å². The molecule has 0 fully saturated rings. The minimum atomic E-state index is -0.538. The molecule has 0 saturated heterocycles. The molecule has 0 aliphatic carbocycles. The van der Waals surface area contributed by atoms with Crippen molar-refractivity contribution in [1.82, 2.24) is 10.2 Å². The van der Waals surface area contributed by atoms with Crippen molar-refractivity contribution in [3.05, 3.63) is 65.2 Å². The van der Waals surface area contributed by atoms with Crippen LogP contribution in [0.25, 0.3) is 0 Å². The van der Waals surface area contributed by atoms with Gasteiger partial charge in [-0.2, -0.15) is 0 Å². The molecule has 1 N–H and O–H groups in total. The Morgan fingerprint density at radius 1 is 1.03 bits per heavy atom. The van der Waals surface area contributed by atoms with E-state index in [0.717, 1.165) is 11.1 Å². The molecule has 0 radical (unpaired) electrons. The van der Waals surface area contributed by atoms with Crippen LogP contribution in [0.2, 0.25) is 0 Å². The van der Waals surface area contributed by atoms with Crippen molar-refractivity contribution in [1.29, 1.82) is 0 Å². The lowest BCUT2D eigenvalue weighted by atomic mass is 10.0. The Balaban J connectivity index is 2.18. The highest BCUT2D eigenvalue weighted by Gasteiger charge is 2.28. The van der Waals surface area contributed by atoms with Crippen LogP contribution in [0, 0.1) is 6.92 Å². The summed E-state index contributed by atoms with van der Waals surface area (Å²) in [6.07, 6.45) is 0.534. The fourth-order valence-corrected chi connectivity index (χ4v) is 3.36. The van der Waals surface area contributed by atoms with E-state index in [-0.39, 0.29) is 18.4 Å². The number of rotatable bonds is 10. The van der Waals surface area contributed by atoms with Gasteiger partial charge in [0.15, 0.2) is 6.61 Å². The van der Waals surface area contributed by atoms with Crippen LogP contribution >= 0.6 is 0 Å².